The fourth-order valence-electron chi connectivity index (χ4n) is 1.68. The molecule has 2 atom stereocenters. The molecule has 0 aromatic heterocycles. The zero-order chi connectivity index (χ0) is 13.2. The normalized spacial score (nSPS) is 14.4. The molecule has 94 valence electrons. The lowest BCUT2D eigenvalue weighted by Gasteiger charge is -2.18. The summed E-state index contributed by atoms with van der Waals surface area (Å²) < 4.78 is 0. The highest BCUT2D eigenvalue weighted by Crippen LogP contribution is 2.28. The van der Waals surface area contributed by atoms with Gasteiger partial charge in [0.2, 0.25) is 0 Å². The summed E-state index contributed by atoms with van der Waals surface area (Å²) in [6.45, 7) is 2.67. The average molecular weight is 241 g/mol. The third-order valence-corrected chi connectivity index (χ3v) is 2.65. The van der Waals surface area contributed by atoms with Gasteiger partial charge in [0.15, 0.2) is 0 Å². The molecule has 3 N–H and O–H groups in total. The van der Waals surface area contributed by atoms with E-state index in [0.29, 0.717) is 11.1 Å². The smallest absolute Gasteiger partial charge is 0.272 e. The second-order valence-electron chi connectivity index (χ2n) is 3.95. The van der Waals surface area contributed by atoms with Crippen LogP contribution < -0.4 is 0 Å². The molecule has 0 radical (unpaired) electrons. The first-order chi connectivity index (χ1) is 7.88. The van der Waals surface area contributed by atoms with Crippen LogP contribution in [0.15, 0.2) is 12.1 Å². The van der Waals surface area contributed by atoms with Crippen molar-refractivity contribution in [3.05, 3.63) is 38.9 Å². The van der Waals surface area contributed by atoms with Crippen LogP contribution in [0.4, 0.5) is 5.69 Å². The third-order valence-electron chi connectivity index (χ3n) is 2.65. The van der Waals surface area contributed by atoms with E-state index in [9.17, 15) is 20.3 Å². The molecule has 6 heteroatoms. The summed E-state index contributed by atoms with van der Waals surface area (Å²) in [6.07, 6.45) is -2.68. The zero-order valence-electron chi connectivity index (χ0n) is 9.62. The van der Waals surface area contributed by atoms with Crippen molar-refractivity contribution in [1.29, 1.82) is 0 Å². The van der Waals surface area contributed by atoms with E-state index in [2.05, 4.69) is 0 Å². The van der Waals surface area contributed by atoms with E-state index in [0.717, 1.165) is 0 Å². The highest BCUT2D eigenvalue weighted by Gasteiger charge is 2.23. The number of nitro benzene ring substituents is 1. The monoisotopic (exact) mass is 241 g/mol. The second kappa shape index (κ2) is 5.22. The summed E-state index contributed by atoms with van der Waals surface area (Å²) >= 11 is 0. The fraction of sp³-hybridized carbons (Fsp3) is 0.455. The molecule has 0 heterocycles. The number of aliphatic hydroxyl groups excluding tert-OH is 3. The molecule has 0 spiro atoms. The maximum atomic E-state index is 10.8. The fourth-order valence-corrected chi connectivity index (χ4v) is 1.68. The highest BCUT2D eigenvalue weighted by molar-refractivity contribution is 5.47. The van der Waals surface area contributed by atoms with Crippen molar-refractivity contribution in [2.24, 2.45) is 0 Å². The lowest BCUT2D eigenvalue weighted by molar-refractivity contribution is -0.385. The number of rotatable bonds is 4. The van der Waals surface area contributed by atoms with Gasteiger partial charge in [-0.15, -0.1) is 0 Å². The summed E-state index contributed by atoms with van der Waals surface area (Å²) in [6, 6.07) is 2.80. The molecule has 17 heavy (non-hydrogen) atoms. The topological polar surface area (TPSA) is 104 Å². The van der Waals surface area contributed by atoms with Gasteiger partial charge in [0.25, 0.3) is 5.69 Å². The van der Waals surface area contributed by atoms with Gasteiger partial charge in [-0.3, -0.25) is 10.1 Å². The van der Waals surface area contributed by atoms with Crippen molar-refractivity contribution in [3.63, 3.8) is 0 Å². The number of aliphatic hydroxyl groups is 3. The molecule has 0 saturated heterocycles. The minimum Gasteiger partial charge on any atom is -0.394 e. The zero-order valence-corrected chi connectivity index (χ0v) is 9.62. The van der Waals surface area contributed by atoms with Gasteiger partial charge in [0.1, 0.15) is 12.2 Å². The molecule has 0 aliphatic rings. The molecule has 2 unspecified atom stereocenters. The first-order valence-corrected chi connectivity index (χ1v) is 5.11. The third kappa shape index (κ3) is 2.79. The van der Waals surface area contributed by atoms with Crippen LogP contribution in [0.5, 0.6) is 0 Å². The van der Waals surface area contributed by atoms with Crippen LogP contribution in [-0.4, -0.2) is 33.0 Å². The largest absolute Gasteiger partial charge is 0.394 e. The van der Waals surface area contributed by atoms with E-state index in [1.54, 1.807) is 19.9 Å². The van der Waals surface area contributed by atoms with Gasteiger partial charge in [-0.1, -0.05) is 0 Å². The second-order valence-corrected chi connectivity index (χ2v) is 3.95. The molecule has 1 aromatic carbocycles. The van der Waals surface area contributed by atoms with Gasteiger partial charge >= 0.3 is 0 Å². The standard InChI is InChI=1S/C11H15NO5/c1-6-3-7(2)9(12(16)17)4-8(6)11(15)10(14)5-13/h3-4,10-11,13-15H,5H2,1-2H3. The Morgan fingerprint density at radius 2 is 1.88 bits per heavy atom. The van der Waals surface area contributed by atoms with Crippen molar-refractivity contribution in [1.82, 2.24) is 0 Å². The molecule has 0 saturated carbocycles. The lowest BCUT2D eigenvalue weighted by Crippen LogP contribution is -2.23. The van der Waals surface area contributed by atoms with E-state index in [1.807, 2.05) is 0 Å². The Balaban J connectivity index is 3.24. The highest BCUT2D eigenvalue weighted by atomic mass is 16.6. The molecule has 0 bridgehead atoms. The number of hydrogen-bond acceptors (Lipinski definition) is 5. The quantitative estimate of drug-likeness (QED) is 0.529. The van der Waals surface area contributed by atoms with E-state index in [-0.39, 0.29) is 11.3 Å². The molecule has 0 aliphatic heterocycles. The Bertz CT molecular complexity index is 432. The average Bonchev–Trinajstić information content (AvgIpc) is 2.26. The molecule has 0 aliphatic carbocycles. The van der Waals surface area contributed by atoms with E-state index in [1.165, 1.54) is 6.07 Å². The molecule has 6 nitrogen and oxygen atoms in total. The minimum absolute atomic E-state index is 0.116. The van der Waals surface area contributed by atoms with Crippen LogP contribution in [0.2, 0.25) is 0 Å². The summed E-state index contributed by atoms with van der Waals surface area (Å²) in [5, 5.41) is 38.6. The number of nitrogens with zero attached hydrogens (tertiary/aromatic N) is 1. The van der Waals surface area contributed by atoms with E-state index in [4.69, 9.17) is 5.11 Å². The Labute approximate surface area is 98.3 Å². The SMILES string of the molecule is Cc1cc(C)c([N+](=O)[O-])cc1C(O)C(O)CO. The van der Waals surface area contributed by atoms with Crippen molar-refractivity contribution < 1.29 is 20.2 Å². The van der Waals surface area contributed by atoms with Crippen LogP contribution >= 0.6 is 0 Å². The molecule has 0 amide bonds. The van der Waals surface area contributed by atoms with Gasteiger partial charge in [-0.25, -0.2) is 0 Å². The maximum Gasteiger partial charge on any atom is 0.272 e. The minimum atomic E-state index is -1.35. The molecule has 1 aromatic rings. The van der Waals surface area contributed by atoms with Crippen molar-refractivity contribution in [2.75, 3.05) is 6.61 Å². The summed E-state index contributed by atoms with van der Waals surface area (Å²) in [4.78, 5) is 10.2. The number of hydrogen-bond donors (Lipinski definition) is 3. The predicted octanol–water partition coefficient (Wildman–Crippen LogP) is 0.598. The summed E-state index contributed by atoms with van der Waals surface area (Å²) in [7, 11) is 0. The van der Waals surface area contributed by atoms with Gasteiger partial charge in [-0.05, 0) is 31.0 Å². The van der Waals surface area contributed by atoms with E-state index >= 15 is 0 Å². The van der Waals surface area contributed by atoms with Crippen LogP contribution in [0, 0.1) is 24.0 Å². The van der Waals surface area contributed by atoms with Gasteiger partial charge < -0.3 is 15.3 Å². The Hall–Kier alpha value is -1.50. The number of benzene rings is 1. The molecule has 0 fully saturated rings. The van der Waals surface area contributed by atoms with E-state index < -0.39 is 23.7 Å². The number of nitro groups is 1. The molecule has 1 rings (SSSR count). The lowest BCUT2D eigenvalue weighted by atomic mass is 9.97. The Morgan fingerprint density at radius 3 is 2.35 bits per heavy atom. The first kappa shape index (κ1) is 13.6. The number of aryl methyl sites for hydroxylation is 2. The first-order valence-electron chi connectivity index (χ1n) is 5.11. The van der Waals surface area contributed by atoms with Gasteiger partial charge in [0.05, 0.1) is 11.5 Å². The Kier molecular flexibility index (Phi) is 4.17. The van der Waals surface area contributed by atoms with Gasteiger partial charge in [-0.2, -0.15) is 0 Å². The molecular weight excluding hydrogens is 226 g/mol. The van der Waals surface area contributed by atoms with Crippen LogP contribution in [0.1, 0.15) is 22.8 Å². The molecular formula is C11H15NO5. The summed E-state index contributed by atoms with van der Waals surface area (Å²) in [5.41, 5.74) is 1.26. The van der Waals surface area contributed by atoms with Crippen LogP contribution in [0.3, 0.4) is 0 Å². The maximum absolute atomic E-state index is 10.8. The van der Waals surface area contributed by atoms with Crippen molar-refractivity contribution >= 4 is 5.69 Å². The Morgan fingerprint density at radius 1 is 1.29 bits per heavy atom. The van der Waals surface area contributed by atoms with Crippen LogP contribution in [-0.2, 0) is 0 Å². The summed E-state index contributed by atoms with van der Waals surface area (Å²) in [5.74, 6) is 0. The van der Waals surface area contributed by atoms with Crippen molar-refractivity contribution in [3.8, 4) is 0 Å². The predicted molar refractivity (Wildman–Crippen MR) is 60.6 cm³/mol. The van der Waals surface area contributed by atoms with Crippen molar-refractivity contribution in [2.45, 2.75) is 26.1 Å². The van der Waals surface area contributed by atoms with Crippen LogP contribution in [0.25, 0.3) is 0 Å². The van der Waals surface area contributed by atoms with Gasteiger partial charge in [0, 0.05) is 11.6 Å².